The number of hydrogen-bond donors (Lipinski definition) is 0. The van der Waals surface area contributed by atoms with Crippen molar-refractivity contribution in [2.45, 2.75) is 6.04 Å². The summed E-state index contributed by atoms with van der Waals surface area (Å²) in [4.78, 5) is 18.3. The zero-order valence-electron chi connectivity index (χ0n) is 5.20. The van der Waals surface area contributed by atoms with Crippen molar-refractivity contribution in [1.29, 1.82) is 5.26 Å². The van der Waals surface area contributed by atoms with Crippen LogP contribution in [0.2, 0.25) is 0 Å². The van der Waals surface area contributed by atoms with E-state index in [1.807, 2.05) is 0 Å². The molecule has 0 aliphatic carbocycles. The van der Waals surface area contributed by atoms with Gasteiger partial charge < -0.3 is 10.5 Å². The Labute approximate surface area is 98.9 Å². The van der Waals surface area contributed by atoms with Gasteiger partial charge in [-0.3, -0.25) is 10.1 Å². The molecule has 0 aliphatic heterocycles. The van der Waals surface area contributed by atoms with Gasteiger partial charge in [0, 0.05) is 4.92 Å². The first-order valence-electron chi connectivity index (χ1n) is 1.88. The Kier molecular flexibility index (Phi) is 7.28. The summed E-state index contributed by atoms with van der Waals surface area (Å²) in [5.41, 5.74) is 6.16. The smallest absolute Gasteiger partial charge is 0.661 e. The Bertz CT molecular complexity index is 172. The van der Waals surface area contributed by atoms with Crippen LogP contribution >= 0.6 is 0 Å². The summed E-state index contributed by atoms with van der Waals surface area (Å²) >= 11 is 0. The Morgan fingerprint density at radius 3 is 2.20 bits per heavy atom. The van der Waals surface area contributed by atoms with Gasteiger partial charge in [-0.1, -0.05) is 0 Å². The molecule has 48 valence electrons. The van der Waals surface area contributed by atoms with E-state index in [1.165, 1.54) is 0 Å². The first-order chi connectivity index (χ1) is 4.09. The van der Waals surface area contributed by atoms with E-state index < -0.39 is 16.9 Å². The predicted molar refractivity (Wildman–Crippen MR) is 25.7 cm³/mol. The van der Waals surface area contributed by atoms with Gasteiger partial charge in [0.05, 0.1) is 0 Å². The minimum absolute atomic E-state index is 0. The molecule has 0 fully saturated rings. The fourth-order valence-corrected chi connectivity index (χ4v) is 0.202. The molecule has 0 rings (SSSR count). The molecule has 0 aromatic rings. The molecular formula is C3H2KN3O3. The molecule has 0 saturated heterocycles. The Hall–Kier alpha value is -0.00364. The molecule has 0 aliphatic rings. The number of carbonyl (C=O) groups excluding carboxylic acids is 1. The van der Waals surface area contributed by atoms with Crippen molar-refractivity contribution in [2.24, 2.45) is 0 Å². The quantitative estimate of drug-likeness (QED) is 0.244. The van der Waals surface area contributed by atoms with Crippen LogP contribution in [0.5, 0.6) is 0 Å². The zero-order valence-corrected chi connectivity index (χ0v) is 8.32. The summed E-state index contributed by atoms with van der Waals surface area (Å²) in [6.07, 6.45) is 0. The van der Waals surface area contributed by atoms with E-state index in [1.54, 1.807) is 0 Å². The van der Waals surface area contributed by atoms with E-state index in [2.05, 4.69) is 0 Å². The molecule has 1 atom stereocenters. The van der Waals surface area contributed by atoms with E-state index in [4.69, 9.17) is 11.0 Å². The summed E-state index contributed by atoms with van der Waals surface area (Å²) in [6, 6.07) is -0.958. The van der Waals surface area contributed by atoms with E-state index in [0.717, 1.165) is 6.07 Å². The van der Waals surface area contributed by atoms with Crippen molar-refractivity contribution in [3.05, 3.63) is 15.8 Å². The summed E-state index contributed by atoms with van der Waals surface area (Å²) < 4.78 is 0. The second-order valence-electron chi connectivity index (χ2n) is 1.18. The second kappa shape index (κ2) is 5.76. The third kappa shape index (κ3) is 3.92. The van der Waals surface area contributed by atoms with Crippen molar-refractivity contribution < 1.29 is 61.1 Å². The molecule has 0 radical (unpaired) electrons. The van der Waals surface area contributed by atoms with Crippen LogP contribution in [0.4, 0.5) is 0 Å². The molecular weight excluding hydrogens is 165 g/mol. The Balaban J connectivity index is 0. The molecule has 10 heavy (non-hydrogen) atoms. The zero-order chi connectivity index (χ0) is 7.44. The van der Waals surface area contributed by atoms with Crippen molar-refractivity contribution in [3.63, 3.8) is 0 Å². The molecule has 1 unspecified atom stereocenters. The van der Waals surface area contributed by atoms with Crippen LogP contribution in [0.15, 0.2) is 0 Å². The molecule has 0 aromatic carbocycles. The molecule has 0 spiro atoms. The monoisotopic (exact) mass is 167 g/mol. The van der Waals surface area contributed by atoms with Crippen LogP contribution in [0, 0.1) is 21.4 Å². The number of nitriles is 1. The van der Waals surface area contributed by atoms with Gasteiger partial charge in [-0.15, -0.1) is 0 Å². The molecule has 0 heterocycles. The molecule has 7 heteroatoms. The van der Waals surface area contributed by atoms with E-state index in [0.29, 0.717) is 0 Å². The molecule has 0 saturated carbocycles. The van der Waals surface area contributed by atoms with Crippen molar-refractivity contribution >= 4 is 5.91 Å². The topological polar surface area (TPSA) is 108 Å². The van der Waals surface area contributed by atoms with Gasteiger partial charge in [-0.2, -0.15) is 5.26 Å². The van der Waals surface area contributed by atoms with Crippen molar-refractivity contribution in [3.8, 4) is 6.07 Å². The SMILES string of the molecule is N#CC(C([NH-])=O)[N+](=O)[O-].[K+]. The van der Waals surface area contributed by atoms with Gasteiger partial charge in [0.1, 0.15) is 5.91 Å². The van der Waals surface area contributed by atoms with Gasteiger partial charge >= 0.3 is 57.4 Å². The van der Waals surface area contributed by atoms with Crippen LogP contribution in [-0.4, -0.2) is 16.9 Å². The maximum absolute atomic E-state index is 9.82. The summed E-state index contributed by atoms with van der Waals surface area (Å²) in [5.74, 6) is -1.48. The molecule has 0 aromatic heterocycles. The second-order valence-corrected chi connectivity index (χ2v) is 1.18. The maximum Gasteiger partial charge on any atom is 1.00 e. The Morgan fingerprint density at radius 2 is 2.20 bits per heavy atom. The average molecular weight is 167 g/mol. The number of carbonyl (C=O) groups is 1. The number of rotatable bonds is 2. The molecule has 1 amide bonds. The van der Waals surface area contributed by atoms with Gasteiger partial charge in [0.25, 0.3) is 0 Å². The minimum atomic E-state index is -2.02. The van der Waals surface area contributed by atoms with E-state index in [9.17, 15) is 14.9 Å². The predicted octanol–water partition coefficient (Wildman–Crippen LogP) is -3.26. The third-order valence-corrected chi connectivity index (χ3v) is 0.581. The first-order valence-corrected chi connectivity index (χ1v) is 1.88. The third-order valence-electron chi connectivity index (χ3n) is 0.581. The van der Waals surface area contributed by atoms with E-state index in [-0.39, 0.29) is 51.4 Å². The number of hydrogen-bond acceptors (Lipinski definition) is 4. The fourth-order valence-electron chi connectivity index (χ4n) is 0.202. The summed E-state index contributed by atoms with van der Waals surface area (Å²) in [7, 11) is 0. The Morgan fingerprint density at radius 1 is 1.80 bits per heavy atom. The summed E-state index contributed by atoms with van der Waals surface area (Å²) in [6.45, 7) is 0. The standard InChI is InChI=1S/C3H3N3O3.K/c4-1-2(3(5)7)6(8)9;/h2H,(H2,5,7);/q;+1/p-1. The number of nitrogens with zero attached hydrogens (tertiary/aromatic N) is 2. The van der Waals surface area contributed by atoms with Crippen LogP contribution in [0.3, 0.4) is 0 Å². The molecule has 1 N–H and O–H groups in total. The van der Waals surface area contributed by atoms with Crippen LogP contribution in [-0.2, 0) is 4.79 Å². The van der Waals surface area contributed by atoms with Crippen molar-refractivity contribution in [1.82, 2.24) is 0 Å². The number of nitro groups is 1. The van der Waals surface area contributed by atoms with Crippen LogP contribution < -0.4 is 51.4 Å². The van der Waals surface area contributed by atoms with Gasteiger partial charge in [-0.25, -0.2) is 0 Å². The average Bonchev–Trinajstić information content (AvgIpc) is 1.64. The van der Waals surface area contributed by atoms with Crippen LogP contribution in [0.25, 0.3) is 5.73 Å². The first kappa shape index (κ1) is 12.7. The van der Waals surface area contributed by atoms with E-state index >= 15 is 0 Å². The minimum Gasteiger partial charge on any atom is -0.661 e. The number of nitrogens with one attached hydrogen (secondary N) is 1. The van der Waals surface area contributed by atoms with Crippen LogP contribution in [0.1, 0.15) is 0 Å². The van der Waals surface area contributed by atoms with Gasteiger partial charge in [-0.05, 0) is 0 Å². The van der Waals surface area contributed by atoms with Crippen molar-refractivity contribution in [2.75, 3.05) is 0 Å². The van der Waals surface area contributed by atoms with Gasteiger partial charge in [0.2, 0.25) is 0 Å². The fraction of sp³-hybridized carbons (Fsp3) is 0.333. The normalized spacial score (nSPS) is 10.3. The molecule has 0 bridgehead atoms. The number of amides is 1. The maximum atomic E-state index is 9.82. The molecule has 6 nitrogen and oxygen atoms in total. The summed E-state index contributed by atoms with van der Waals surface area (Å²) in [5, 5.41) is 17.4. The largest absolute Gasteiger partial charge is 1.00 e. The van der Waals surface area contributed by atoms with Gasteiger partial charge in [0.15, 0.2) is 6.07 Å².